The highest BCUT2D eigenvalue weighted by molar-refractivity contribution is 7.85. The quantitative estimate of drug-likeness (QED) is 0.0506. The number of pyridine rings is 1. The van der Waals surface area contributed by atoms with Gasteiger partial charge < -0.3 is 23.9 Å². The number of halogens is 3. The summed E-state index contributed by atoms with van der Waals surface area (Å²) in [7, 11) is 0.156. The number of amides is 2. The summed E-state index contributed by atoms with van der Waals surface area (Å²) in [6.45, 7) is 1.90. The molecule has 3 atom stereocenters. The summed E-state index contributed by atoms with van der Waals surface area (Å²) >= 11 is 5.90. The summed E-state index contributed by atoms with van der Waals surface area (Å²) in [5.74, 6) is -1.89. The lowest BCUT2D eigenvalue weighted by Crippen LogP contribution is -2.54. The normalized spacial score (nSPS) is 18.6. The van der Waals surface area contributed by atoms with Crippen molar-refractivity contribution in [3.05, 3.63) is 139 Å². The van der Waals surface area contributed by atoms with Gasteiger partial charge >= 0.3 is 6.09 Å². The van der Waals surface area contributed by atoms with Gasteiger partial charge in [-0.3, -0.25) is 13.9 Å². The Bertz CT molecular complexity index is 2310. The number of hydrogen-bond acceptors (Lipinski definition) is 10. The minimum atomic E-state index is -1.38. The smallest absolute Gasteiger partial charge is 0.419 e. The second-order valence-electron chi connectivity index (χ2n) is 14.6. The maximum atomic E-state index is 15.2. The Balaban J connectivity index is 1.19. The molecular formula is C42H41ClF2N4O9S. The van der Waals surface area contributed by atoms with Gasteiger partial charge in [0.05, 0.1) is 25.5 Å². The number of aromatic nitrogens is 1. The maximum absolute atomic E-state index is 15.2. The second kappa shape index (κ2) is 18.1. The number of carbonyl (C=O) groups is 2. The van der Waals surface area contributed by atoms with Crippen molar-refractivity contribution in [2.45, 2.75) is 70.2 Å². The number of nitrogens with zero attached hydrogens (tertiary/aromatic N) is 4. The zero-order valence-electron chi connectivity index (χ0n) is 32.2. The van der Waals surface area contributed by atoms with Crippen LogP contribution in [0.1, 0.15) is 59.4 Å². The van der Waals surface area contributed by atoms with Crippen molar-refractivity contribution in [2.75, 3.05) is 25.2 Å². The van der Waals surface area contributed by atoms with Crippen molar-refractivity contribution < 1.29 is 46.7 Å². The Morgan fingerprint density at radius 3 is 2.56 bits per heavy atom. The van der Waals surface area contributed by atoms with Crippen LogP contribution in [-0.4, -0.2) is 73.4 Å². The van der Waals surface area contributed by atoms with Crippen molar-refractivity contribution in [3.63, 3.8) is 0 Å². The van der Waals surface area contributed by atoms with Gasteiger partial charge in [-0.1, -0.05) is 48.0 Å². The van der Waals surface area contributed by atoms with E-state index in [0.717, 1.165) is 47.2 Å². The summed E-state index contributed by atoms with van der Waals surface area (Å²) in [5.41, 5.74) is 4.53. The predicted octanol–water partition coefficient (Wildman–Crippen LogP) is 7.61. The highest BCUT2D eigenvalue weighted by atomic mass is 35.5. The molecule has 2 aliphatic heterocycles. The Morgan fingerprint density at radius 2 is 1.83 bits per heavy atom. The molecule has 7 rings (SSSR count). The van der Waals surface area contributed by atoms with Gasteiger partial charge in [0, 0.05) is 58.1 Å². The van der Waals surface area contributed by atoms with Crippen LogP contribution in [0.15, 0.2) is 84.2 Å². The Morgan fingerprint density at radius 1 is 1.07 bits per heavy atom. The van der Waals surface area contributed by atoms with Crippen LogP contribution in [0.3, 0.4) is 0 Å². The molecule has 2 amide bonds. The van der Waals surface area contributed by atoms with Crippen LogP contribution in [0.25, 0.3) is 0 Å². The van der Waals surface area contributed by atoms with E-state index in [1.165, 1.54) is 24.1 Å². The summed E-state index contributed by atoms with van der Waals surface area (Å²) in [6, 6.07) is 17.1. The Kier molecular flexibility index (Phi) is 12.8. The van der Waals surface area contributed by atoms with Crippen molar-refractivity contribution in [2.24, 2.45) is 0 Å². The number of hydrogen-bond donors (Lipinski definition) is 0. The number of rotatable bonds is 15. The average molecular weight is 851 g/mol. The summed E-state index contributed by atoms with van der Waals surface area (Å²) in [5, 5.41) is 9.45. The Labute approximate surface area is 346 Å². The molecule has 0 radical (unpaired) electrons. The standard InChI is InChI=1S/C42H41ClF2N4O9S/c1-25-29(16-17-46-40(25)55-2)21-47(30-12-13-30)41(50)37-33(28-10-8-26(9-11-28)6-4-18-56-39-35(45)15-14-34(44)38(39)43)20-31-23-59(54)24-36(37)48(31)42(51)58-32-7-3-5-27(19-32)22-57-49(52)53/h3,5,7-11,14-17,19,30-31,33H,4,6,12-13,18,20-24H2,1-2H3. The van der Waals surface area contributed by atoms with Crippen LogP contribution in [0.4, 0.5) is 13.6 Å². The average Bonchev–Trinajstić information content (AvgIpc) is 4.06. The number of benzene rings is 3. The van der Waals surface area contributed by atoms with E-state index in [2.05, 4.69) is 9.82 Å². The van der Waals surface area contributed by atoms with Crippen molar-refractivity contribution in [3.8, 4) is 17.4 Å². The van der Waals surface area contributed by atoms with Crippen LogP contribution in [-0.2, 0) is 40.0 Å². The van der Waals surface area contributed by atoms with Gasteiger partial charge in [-0.05, 0) is 91.6 Å². The summed E-state index contributed by atoms with van der Waals surface area (Å²) in [6.07, 6.45) is 3.79. The number of ether oxygens (including phenoxy) is 3. The van der Waals surface area contributed by atoms with Crippen molar-refractivity contribution in [1.29, 1.82) is 0 Å². The van der Waals surface area contributed by atoms with Crippen molar-refractivity contribution >= 4 is 34.4 Å². The van der Waals surface area contributed by atoms with Crippen molar-refractivity contribution in [1.82, 2.24) is 14.8 Å². The van der Waals surface area contributed by atoms with E-state index in [1.807, 2.05) is 42.2 Å². The number of fused-ring (bicyclic) bond motifs is 2. The molecule has 2 bridgehead atoms. The second-order valence-corrected chi connectivity index (χ2v) is 16.4. The molecule has 3 heterocycles. The lowest BCUT2D eigenvalue weighted by atomic mass is 9.80. The fraction of sp³-hybridized carbons (Fsp3) is 0.357. The number of methoxy groups -OCH3 is 1. The molecule has 3 aliphatic rings. The van der Waals surface area contributed by atoms with E-state index >= 15 is 4.79 Å². The van der Waals surface area contributed by atoms with E-state index in [1.54, 1.807) is 18.3 Å². The Hall–Kier alpha value is -5.61. The molecular weight excluding hydrogens is 810 g/mol. The lowest BCUT2D eigenvalue weighted by Gasteiger charge is -2.45. The van der Waals surface area contributed by atoms with Gasteiger partial charge in [0.1, 0.15) is 23.2 Å². The van der Waals surface area contributed by atoms with E-state index in [-0.39, 0.29) is 61.1 Å². The van der Waals surface area contributed by atoms with Gasteiger partial charge in [-0.25, -0.2) is 18.6 Å². The monoisotopic (exact) mass is 850 g/mol. The van der Waals surface area contributed by atoms with E-state index in [9.17, 15) is 27.9 Å². The van der Waals surface area contributed by atoms with Gasteiger partial charge in [0.25, 0.3) is 11.0 Å². The summed E-state index contributed by atoms with van der Waals surface area (Å²) in [4.78, 5) is 52.1. The lowest BCUT2D eigenvalue weighted by molar-refractivity contribution is -0.763. The SMILES string of the molecule is COc1nccc(CN(C(=O)C2=C3CS(=O)CC(CC2c2ccc(CCCOc4c(F)ccc(F)c4Cl)cc2)N3C(=O)Oc2cccc(CO[N+](=O)[O-])c2)C2CC2)c1C. The van der Waals surface area contributed by atoms with Crippen LogP contribution < -0.4 is 14.2 Å². The third-order valence-electron chi connectivity index (χ3n) is 10.7. The van der Waals surface area contributed by atoms with E-state index in [0.29, 0.717) is 35.6 Å². The molecule has 3 aromatic carbocycles. The molecule has 1 saturated heterocycles. The third kappa shape index (κ3) is 9.49. The molecule has 310 valence electrons. The molecule has 1 aromatic heterocycles. The van der Waals surface area contributed by atoms with Crippen LogP contribution in [0.5, 0.6) is 17.4 Å². The molecule has 0 N–H and O–H groups in total. The molecule has 2 fully saturated rings. The molecule has 1 aliphatic carbocycles. The first-order valence-corrected chi connectivity index (χ1v) is 20.9. The van der Waals surface area contributed by atoms with Crippen LogP contribution in [0, 0.1) is 28.7 Å². The molecule has 4 aromatic rings. The topological polar surface area (TPSA) is 151 Å². The molecule has 13 nitrogen and oxygen atoms in total. The van der Waals surface area contributed by atoms with Crippen LogP contribution in [0.2, 0.25) is 5.02 Å². The highest BCUT2D eigenvalue weighted by Crippen LogP contribution is 2.44. The van der Waals surface area contributed by atoms with Gasteiger partial charge in [-0.15, -0.1) is 10.1 Å². The molecule has 3 unspecified atom stereocenters. The molecule has 0 spiro atoms. The molecule has 17 heteroatoms. The summed E-state index contributed by atoms with van der Waals surface area (Å²) < 4.78 is 58.3. The first-order valence-electron chi connectivity index (χ1n) is 19.0. The maximum Gasteiger partial charge on any atom is 0.419 e. The molecule has 59 heavy (non-hydrogen) atoms. The predicted molar refractivity (Wildman–Crippen MR) is 213 cm³/mol. The largest absolute Gasteiger partial charge is 0.489 e. The number of carbonyl (C=O) groups excluding carboxylic acids is 2. The van der Waals surface area contributed by atoms with Gasteiger partial charge in [0.2, 0.25) is 5.88 Å². The van der Waals surface area contributed by atoms with E-state index < -0.39 is 50.6 Å². The van der Waals surface area contributed by atoms with Gasteiger partial charge in [-0.2, -0.15) is 0 Å². The number of aryl methyl sites for hydroxylation is 1. The van der Waals surface area contributed by atoms with Gasteiger partial charge in [0.15, 0.2) is 11.6 Å². The molecule has 1 saturated carbocycles. The fourth-order valence-electron chi connectivity index (χ4n) is 7.60. The highest BCUT2D eigenvalue weighted by Gasteiger charge is 2.48. The first kappa shape index (κ1) is 41.5. The fourth-order valence-corrected chi connectivity index (χ4v) is 9.24. The zero-order chi connectivity index (χ0) is 41.8. The third-order valence-corrected chi connectivity index (χ3v) is 12.4. The minimum absolute atomic E-state index is 0.0471. The van der Waals surface area contributed by atoms with Crippen LogP contribution >= 0.6 is 11.6 Å². The van der Waals surface area contributed by atoms with E-state index in [4.69, 9.17) is 25.8 Å². The zero-order valence-corrected chi connectivity index (χ0v) is 33.8. The first-order chi connectivity index (χ1) is 28.4. The minimum Gasteiger partial charge on any atom is -0.489 e.